The number of aliphatic hydroxyl groups is 1. The molecule has 2 heteroatoms. The molecule has 0 radical (unpaired) electrons. The van der Waals surface area contributed by atoms with Gasteiger partial charge in [-0.2, -0.15) is 0 Å². The Morgan fingerprint density at radius 2 is 1.78 bits per heavy atom. The van der Waals surface area contributed by atoms with E-state index in [1.807, 2.05) is 30.3 Å². The van der Waals surface area contributed by atoms with Gasteiger partial charge in [-0.3, -0.25) is 0 Å². The summed E-state index contributed by atoms with van der Waals surface area (Å²) in [7, 11) is 0. The van der Waals surface area contributed by atoms with Gasteiger partial charge < -0.3 is 5.11 Å². The zero-order chi connectivity index (χ0) is 6.69. The van der Waals surface area contributed by atoms with E-state index in [0.717, 1.165) is 5.56 Å². The van der Waals surface area contributed by atoms with Crippen LogP contribution >= 0.6 is 15.9 Å². The number of alkyl halides is 1. The highest BCUT2D eigenvalue weighted by Gasteiger charge is 1.97. The third-order valence-electron chi connectivity index (χ3n) is 1.07. The van der Waals surface area contributed by atoms with Crippen molar-refractivity contribution < 1.29 is 5.11 Å². The molecule has 0 aliphatic carbocycles. The number of rotatable bonds is 1. The number of hydrogen-bond donors (Lipinski definition) is 1. The molecule has 0 aliphatic heterocycles. The van der Waals surface area contributed by atoms with Crippen LogP contribution in [0.15, 0.2) is 30.3 Å². The topological polar surface area (TPSA) is 20.2 Å². The molecule has 0 fully saturated rings. The normalized spacial score (nSPS) is 13.1. The number of halogens is 1. The molecule has 0 unspecified atom stereocenters. The Balaban J connectivity index is 2.85. The average Bonchev–Trinajstić information content (AvgIpc) is 1.90. The first-order valence-electron chi connectivity index (χ1n) is 2.68. The Bertz CT molecular complexity index is 172. The standard InChI is InChI=1S/C7H7BrO/c8-7(9)6-4-2-1-3-5-6/h1-5,7,9H/t7-/m0/s1. The van der Waals surface area contributed by atoms with Crippen LogP contribution in [0.5, 0.6) is 0 Å². The summed E-state index contributed by atoms with van der Waals surface area (Å²) in [6.45, 7) is 0. The molecule has 1 atom stereocenters. The van der Waals surface area contributed by atoms with E-state index in [0.29, 0.717) is 0 Å². The predicted molar refractivity (Wildman–Crippen MR) is 40.3 cm³/mol. The Hall–Kier alpha value is -0.340. The van der Waals surface area contributed by atoms with Crippen LogP contribution in [0.1, 0.15) is 10.6 Å². The van der Waals surface area contributed by atoms with Crippen LogP contribution in [0.4, 0.5) is 0 Å². The van der Waals surface area contributed by atoms with E-state index in [1.165, 1.54) is 0 Å². The first-order valence-corrected chi connectivity index (χ1v) is 3.59. The van der Waals surface area contributed by atoms with E-state index < -0.39 is 5.01 Å². The van der Waals surface area contributed by atoms with Crippen molar-refractivity contribution in [3.05, 3.63) is 35.9 Å². The molecule has 48 valence electrons. The lowest BCUT2D eigenvalue weighted by atomic mass is 10.2. The first kappa shape index (κ1) is 6.78. The maximum Gasteiger partial charge on any atom is 0.134 e. The molecule has 0 bridgehead atoms. The zero-order valence-corrected chi connectivity index (χ0v) is 6.38. The summed E-state index contributed by atoms with van der Waals surface area (Å²) in [5.74, 6) is 0. The third kappa shape index (κ3) is 1.80. The molecule has 0 aromatic heterocycles. The van der Waals surface area contributed by atoms with E-state index in [2.05, 4.69) is 15.9 Å². The SMILES string of the molecule is O[C@H](Br)c1ccccc1. The zero-order valence-electron chi connectivity index (χ0n) is 4.79. The fourth-order valence-electron chi connectivity index (χ4n) is 0.612. The van der Waals surface area contributed by atoms with Crippen LogP contribution in [0.2, 0.25) is 0 Å². The van der Waals surface area contributed by atoms with Gasteiger partial charge in [-0.25, -0.2) is 0 Å². The van der Waals surface area contributed by atoms with Crippen LogP contribution in [0.25, 0.3) is 0 Å². The smallest absolute Gasteiger partial charge is 0.134 e. The Labute approximate surface area is 62.5 Å². The molecule has 0 aliphatic rings. The quantitative estimate of drug-likeness (QED) is 0.667. The average molecular weight is 187 g/mol. The minimum Gasteiger partial charge on any atom is -0.377 e. The molecule has 1 nitrogen and oxygen atoms in total. The lowest BCUT2D eigenvalue weighted by molar-refractivity contribution is 0.277. The highest BCUT2D eigenvalue weighted by molar-refractivity contribution is 9.09. The van der Waals surface area contributed by atoms with Crippen molar-refractivity contribution in [1.82, 2.24) is 0 Å². The highest BCUT2D eigenvalue weighted by atomic mass is 79.9. The Morgan fingerprint density at radius 3 is 2.11 bits per heavy atom. The van der Waals surface area contributed by atoms with Crippen molar-refractivity contribution in [2.75, 3.05) is 0 Å². The van der Waals surface area contributed by atoms with Gasteiger partial charge in [-0.05, 0) is 5.56 Å². The van der Waals surface area contributed by atoms with Gasteiger partial charge in [0.2, 0.25) is 0 Å². The van der Waals surface area contributed by atoms with Gasteiger partial charge >= 0.3 is 0 Å². The summed E-state index contributed by atoms with van der Waals surface area (Å²) < 4.78 is 0. The molecular weight excluding hydrogens is 180 g/mol. The first-order chi connectivity index (χ1) is 4.30. The summed E-state index contributed by atoms with van der Waals surface area (Å²) in [6, 6.07) is 9.41. The van der Waals surface area contributed by atoms with Crippen LogP contribution in [0.3, 0.4) is 0 Å². The van der Waals surface area contributed by atoms with Crippen molar-refractivity contribution in [1.29, 1.82) is 0 Å². The van der Waals surface area contributed by atoms with Crippen LogP contribution < -0.4 is 0 Å². The van der Waals surface area contributed by atoms with E-state index in [-0.39, 0.29) is 0 Å². The van der Waals surface area contributed by atoms with Gasteiger partial charge in [0.1, 0.15) is 5.01 Å². The molecule has 1 aromatic carbocycles. The molecule has 1 aromatic rings. The largest absolute Gasteiger partial charge is 0.377 e. The van der Waals surface area contributed by atoms with Gasteiger partial charge in [-0.15, -0.1) is 0 Å². The Kier molecular flexibility index (Phi) is 2.25. The van der Waals surface area contributed by atoms with Gasteiger partial charge in [-0.1, -0.05) is 46.3 Å². The third-order valence-corrected chi connectivity index (χ3v) is 1.60. The van der Waals surface area contributed by atoms with Crippen molar-refractivity contribution >= 4 is 15.9 Å². The summed E-state index contributed by atoms with van der Waals surface area (Å²) in [5, 5.41) is 8.41. The minimum absolute atomic E-state index is 0.529. The second kappa shape index (κ2) is 2.99. The Morgan fingerprint density at radius 1 is 1.22 bits per heavy atom. The molecular formula is C7H7BrO. The minimum atomic E-state index is -0.529. The van der Waals surface area contributed by atoms with Crippen LogP contribution in [-0.2, 0) is 0 Å². The van der Waals surface area contributed by atoms with Crippen molar-refractivity contribution in [3.63, 3.8) is 0 Å². The molecule has 0 spiro atoms. The molecule has 0 amide bonds. The number of aliphatic hydroxyl groups excluding tert-OH is 1. The maximum absolute atomic E-state index is 8.94. The molecule has 0 heterocycles. The van der Waals surface area contributed by atoms with Gasteiger partial charge in [0.25, 0.3) is 0 Å². The van der Waals surface area contributed by atoms with Crippen LogP contribution in [-0.4, -0.2) is 5.11 Å². The predicted octanol–water partition coefficient (Wildman–Crippen LogP) is 2.07. The molecule has 1 N–H and O–H groups in total. The van der Waals surface area contributed by atoms with E-state index in [9.17, 15) is 0 Å². The number of hydrogen-bond acceptors (Lipinski definition) is 1. The highest BCUT2D eigenvalue weighted by Crippen LogP contribution is 2.17. The van der Waals surface area contributed by atoms with Crippen molar-refractivity contribution in [2.24, 2.45) is 0 Å². The molecule has 1 rings (SSSR count). The van der Waals surface area contributed by atoms with E-state index in [1.54, 1.807) is 0 Å². The lowest BCUT2D eigenvalue weighted by Gasteiger charge is -1.99. The van der Waals surface area contributed by atoms with Crippen molar-refractivity contribution in [2.45, 2.75) is 5.01 Å². The fourth-order valence-corrected chi connectivity index (χ4v) is 0.917. The van der Waals surface area contributed by atoms with E-state index in [4.69, 9.17) is 5.11 Å². The van der Waals surface area contributed by atoms with Gasteiger partial charge in [0, 0.05) is 0 Å². The molecule has 0 saturated carbocycles. The summed E-state index contributed by atoms with van der Waals surface area (Å²) >= 11 is 3.04. The summed E-state index contributed by atoms with van der Waals surface area (Å²) in [4.78, 5) is 0. The number of benzene rings is 1. The van der Waals surface area contributed by atoms with Crippen molar-refractivity contribution in [3.8, 4) is 0 Å². The monoisotopic (exact) mass is 186 g/mol. The van der Waals surface area contributed by atoms with Gasteiger partial charge in [0.15, 0.2) is 0 Å². The second-order valence-corrected chi connectivity index (χ2v) is 2.61. The van der Waals surface area contributed by atoms with Crippen LogP contribution in [0, 0.1) is 0 Å². The molecule has 0 saturated heterocycles. The molecule has 9 heavy (non-hydrogen) atoms. The van der Waals surface area contributed by atoms with Gasteiger partial charge in [0.05, 0.1) is 0 Å². The maximum atomic E-state index is 8.94. The summed E-state index contributed by atoms with van der Waals surface area (Å²) in [6.07, 6.45) is 0. The van der Waals surface area contributed by atoms with E-state index >= 15 is 0 Å². The lowest BCUT2D eigenvalue weighted by Crippen LogP contribution is -1.83. The second-order valence-electron chi connectivity index (χ2n) is 1.75. The summed E-state index contributed by atoms with van der Waals surface area (Å²) in [5.41, 5.74) is 0.887. The fraction of sp³-hybridized carbons (Fsp3) is 0.143.